The van der Waals surface area contributed by atoms with Crippen molar-refractivity contribution in [3.63, 3.8) is 0 Å². The SMILES string of the molecule is CCCNc1ncccc1S(=O)(=O)N(C)CC(C)C#N. The van der Waals surface area contributed by atoms with Crippen molar-refractivity contribution in [2.75, 3.05) is 25.5 Å². The zero-order chi connectivity index (χ0) is 15.2. The molecule has 0 aliphatic heterocycles. The van der Waals surface area contributed by atoms with Crippen LogP contribution in [0.5, 0.6) is 0 Å². The van der Waals surface area contributed by atoms with Gasteiger partial charge in [-0.3, -0.25) is 0 Å². The van der Waals surface area contributed by atoms with Crippen LogP contribution in [0.3, 0.4) is 0 Å². The summed E-state index contributed by atoms with van der Waals surface area (Å²) in [6.45, 7) is 4.48. The van der Waals surface area contributed by atoms with Crippen LogP contribution in [0.15, 0.2) is 23.2 Å². The first-order valence-electron chi connectivity index (χ1n) is 6.48. The molecular weight excluding hydrogens is 276 g/mol. The molecule has 1 rings (SSSR count). The van der Waals surface area contributed by atoms with Gasteiger partial charge in [-0.1, -0.05) is 6.92 Å². The van der Waals surface area contributed by atoms with Crippen molar-refractivity contribution in [2.45, 2.75) is 25.2 Å². The van der Waals surface area contributed by atoms with Gasteiger partial charge in [-0.2, -0.15) is 9.57 Å². The summed E-state index contributed by atoms with van der Waals surface area (Å²) in [6.07, 6.45) is 2.42. The Balaban J connectivity index is 3.06. The predicted molar refractivity (Wildman–Crippen MR) is 77.6 cm³/mol. The van der Waals surface area contributed by atoms with Crippen LogP contribution >= 0.6 is 0 Å². The quantitative estimate of drug-likeness (QED) is 0.827. The molecule has 0 amide bonds. The van der Waals surface area contributed by atoms with Gasteiger partial charge in [-0.25, -0.2) is 13.4 Å². The number of sulfonamides is 1. The smallest absolute Gasteiger partial charge is 0.246 e. The normalized spacial score (nSPS) is 12.9. The van der Waals surface area contributed by atoms with Gasteiger partial charge in [0, 0.05) is 26.3 Å². The molecule has 7 heteroatoms. The molecule has 0 bridgehead atoms. The van der Waals surface area contributed by atoms with Crippen LogP contribution in [-0.4, -0.2) is 37.8 Å². The number of rotatable bonds is 7. The molecule has 1 aromatic heterocycles. The average molecular weight is 296 g/mol. The van der Waals surface area contributed by atoms with Crippen LogP contribution in [0.2, 0.25) is 0 Å². The number of nitriles is 1. The molecule has 6 nitrogen and oxygen atoms in total. The molecule has 0 aliphatic rings. The van der Waals surface area contributed by atoms with Crippen LogP contribution in [0.4, 0.5) is 5.82 Å². The van der Waals surface area contributed by atoms with Crippen molar-refractivity contribution in [3.8, 4) is 6.07 Å². The van der Waals surface area contributed by atoms with Gasteiger partial charge in [0.25, 0.3) is 0 Å². The number of aromatic nitrogens is 1. The average Bonchev–Trinajstić information content (AvgIpc) is 2.45. The van der Waals surface area contributed by atoms with E-state index in [4.69, 9.17) is 5.26 Å². The highest BCUT2D eigenvalue weighted by Gasteiger charge is 2.25. The maximum atomic E-state index is 12.5. The monoisotopic (exact) mass is 296 g/mol. The molecule has 0 aliphatic carbocycles. The second-order valence-corrected chi connectivity index (χ2v) is 6.61. The Morgan fingerprint density at radius 2 is 2.25 bits per heavy atom. The van der Waals surface area contributed by atoms with Crippen LogP contribution in [0.1, 0.15) is 20.3 Å². The van der Waals surface area contributed by atoms with E-state index in [1.54, 1.807) is 19.2 Å². The molecule has 1 N–H and O–H groups in total. The third-order valence-electron chi connectivity index (χ3n) is 2.75. The summed E-state index contributed by atoms with van der Waals surface area (Å²) >= 11 is 0. The molecule has 0 fully saturated rings. The predicted octanol–water partition coefficient (Wildman–Crippen LogP) is 1.68. The summed E-state index contributed by atoms with van der Waals surface area (Å²) in [4.78, 5) is 4.22. The lowest BCUT2D eigenvalue weighted by atomic mass is 10.2. The Morgan fingerprint density at radius 3 is 2.85 bits per heavy atom. The minimum atomic E-state index is -3.65. The van der Waals surface area contributed by atoms with E-state index in [0.717, 1.165) is 6.42 Å². The Labute approximate surface area is 120 Å². The molecule has 0 radical (unpaired) electrons. The van der Waals surface area contributed by atoms with Crippen LogP contribution < -0.4 is 5.32 Å². The van der Waals surface area contributed by atoms with E-state index in [-0.39, 0.29) is 17.4 Å². The maximum Gasteiger partial charge on any atom is 0.246 e. The first-order valence-corrected chi connectivity index (χ1v) is 7.92. The fourth-order valence-corrected chi connectivity index (χ4v) is 3.04. The molecule has 0 saturated carbocycles. The fraction of sp³-hybridized carbons (Fsp3) is 0.538. The molecule has 1 aromatic rings. The summed E-state index contributed by atoms with van der Waals surface area (Å²) in [5, 5.41) is 11.8. The Morgan fingerprint density at radius 1 is 1.55 bits per heavy atom. The molecule has 1 atom stereocenters. The van der Waals surface area contributed by atoms with Crippen molar-refractivity contribution < 1.29 is 8.42 Å². The highest BCUT2D eigenvalue weighted by atomic mass is 32.2. The highest BCUT2D eigenvalue weighted by molar-refractivity contribution is 7.89. The molecular formula is C13H20N4O2S. The van der Waals surface area contributed by atoms with Gasteiger partial charge in [-0.05, 0) is 25.5 Å². The number of pyridine rings is 1. The van der Waals surface area contributed by atoms with Crippen molar-refractivity contribution in [1.29, 1.82) is 5.26 Å². The van der Waals surface area contributed by atoms with Crippen molar-refractivity contribution in [2.24, 2.45) is 5.92 Å². The first-order chi connectivity index (χ1) is 9.43. The van der Waals surface area contributed by atoms with Crippen LogP contribution in [0, 0.1) is 17.2 Å². The topological polar surface area (TPSA) is 86.1 Å². The van der Waals surface area contributed by atoms with Gasteiger partial charge in [0.1, 0.15) is 10.7 Å². The molecule has 0 aromatic carbocycles. The lowest BCUT2D eigenvalue weighted by Gasteiger charge is -2.19. The molecule has 0 spiro atoms. The third kappa shape index (κ3) is 3.92. The third-order valence-corrected chi connectivity index (χ3v) is 4.61. The van der Waals surface area contributed by atoms with Gasteiger partial charge >= 0.3 is 0 Å². The van der Waals surface area contributed by atoms with E-state index < -0.39 is 10.0 Å². The van der Waals surface area contributed by atoms with E-state index in [1.165, 1.54) is 17.4 Å². The summed E-state index contributed by atoms with van der Waals surface area (Å²) in [7, 11) is -2.18. The largest absolute Gasteiger partial charge is 0.369 e. The number of anilines is 1. The molecule has 1 heterocycles. The van der Waals surface area contributed by atoms with Crippen LogP contribution in [0.25, 0.3) is 0 Å². The molecule has 0 saturated heterocycles. The molecule has 110 valence electrons. The number of nitrogens with one attached hydrogen (secondary N) is 1. The van der Waals surface area contributed by atoms with Gasteiger partial charge in [0.15, 0.2) is 0 Å². The van der Waals surface area contributed by atoms with E-state index in [0.29, 0.717) is 12.4 Å². The standard InChI is InChI=1S/C13H20N4O2S/c1-4-7-15-13-12(6-5-8-16-13)20(18,19)17(3)10-11(2)9-14/h5-6,8,11H,4,7,10H2,1-3H3,(H,15,16). The maximum absolute atomic E-state index is 12.5. The zero-order valence-corrected chi connectivity index (χ0v) is 12.8. The second-order valence-electron chi connectivity index (χ2n) is 4.59. The molecule has 1 unspecified atom stereocenters. The van der Waals surface area contributed by atoms with Gasteiger partial charge in [-0.15, -0.1) is 0 Å². The van der Waals surface area contributed by atoms with E-state index >= 15 is 0 Å². The number of hydrogen-bond acceptors (Lipinski definition) is 5. The zero-order valence-electron chi connectivity index (χ0n) is 12.0. The van der Waals surface area contributed by atoms with Crippen molar-refractivity contribution >= 4 is 15.8 Å². The van der Waals surface area contributed by atoms with Gasteiger partial charge in [0.2, 0.25) is 10.0 Å². The Bertz CT molecular complexity index is 580. The van der Waals surface area contributed by atoms with Crippen molar-refractivity contribution in [3.05, 3.63) is 18.3 Å². The lowest BCUT2D eigenvalue weighted by molar-refractivity contribution is 0.439. The number of nitrogens with zero attached hydrogens (tertiary/aromatic N) is 3. The highest BCUT2D eigenvalue weighted by Crippen LogP contribution is 2.22. The minimum absolute atomic E-state index is 0.140. The summed E-state index contributed by atoms with van der Waals surface area (Å²) in [6, 6.07) is 5.14. The second kappa shape index (κ2) is 7.22. The van der Waals surface area contributed by atoms with Gasteiger partial charge < -0.3 is 5.32 Å². The Hall–Kier alpha value is -1.65. The minimum Gasteiger partial charge on any atom is -0.369 e. The Kier molecular flexibility index (Phi) is 5.92. The first kappa shape index (κ1) is 16.4. The van der Waals surface area contributed by atoms with E-state index in [2.05, 4.69) is 10.3 Å². The summed E-state index contributed by atoms with van der Waals surface area (Å²) in [5.74, 6) is -0.00990. The van der Waals surface area contributed by atoms with E-state index in [1.807, 2.05) is 13.0 Å². The molecule has 20 heavy (non-hydrogen) atoms. The van der Waals surface area contributed by atoms with Crippen LogP contribution in [-0.2, 0) is 10.0 Å². The summed E-state index contributed by atoms with van der Waals surface area (Å²) < 4.78 is 26.2. The van der Waals surface area contributed by atoms with Gasteiger partial charge in [0.05, 0.1) is 12.0 Å². The summed E-state index contributed by atoms with van der Waals surface area (Å²) in [5.41, 5.74) is 0. The van der Waals surface area contributed by atoms with Crippen molar-refractivity contribution in [1.82, 2.24) is 9.29 Å². The fourth-order valence-electron chi connectivity index (χ4n) is 1.67. The number of hydrogen-bond donors (Lipinski definition) is 1. The lowest BCUT2D eigenvalue weighted by Crippen LogP contribution is -2.31. The van der Waals surface area contributed by atoms with E-state index in [9.17, 15) is 8.42 Å².